The number of thiazole rings is 1. The summed E-state index contributed by atoms with van der Waals surface area (Å²) in [6.45, 7) is 2.31. The van der Waals surface area contributed by atoms with Gasteiger partial charge in [0.1, 0.15) is 0 Å². The van der Waals surface area contributed by atoms with Gasteiger partial charge in [0, 0.05) is 17.5 Å². The lowest BCUT2D eigenvalue weighted by molar-refractivity contribution is 0.459. The lowest BCUT2D eigenvalue weighted by Crippen LogP contribution is -2.26. The smallest absolute Gasteiger partial charge is 0.0956 e. The van der Waals surface area contributed by atoms with E-state index in [0.717, 1.165) is 19.0 Å². The normalized spacial score (nSPS) is 20.4. The number of aromatic nitrogens is 1. The molecule has 0 amide bonds. The Morgan fingerprint density at radius 1 is 1.45 bits per heavy atom. The standard InChI is InChI=1S/C8H12N2S/c1-3-9-4-2-7(1)8-10-5-6-11-8/h5-7,9H,1-4H2. The van der Waals surface area contributed by atoms with Gasteiger partial charge in [-0.1, -0.05) is 0 Å². The highest BCUT2D eigenvalue weighted by atomic mass is 32.1. The van der Waals surface area contributed by atoms with Gasteiger partial charge >= 0.3 is 0 Å². The van der Waals surface area contributed by atoms with Crippen LogP contribution in [0, 0.1) is 0 Å². The SMILES string of the molecule is c1csc(C2CCNCC2)n1. The molecule has 2 heterocycles. The Morgan fingerprint density at radius 2 is 2.27 bits per heavy atom. The molecule has 0 atom stereocenters. The van der Waals surface area contributed by atoms with Crippen LogP contribution in [0.15, 0.2) is 11.6 Å². The highest BCUT2D eigenvalue weighted by Crippen LogP contribution is 2.26. The number of hydrogen-bond donors (Lipinski definition) is 1. The molecule has 0 unspecified atom stereocenters. The van der Waals surface area contributed by atoms with Crippen molar-refractivity contribution < 1.29 is 0 Å². The third-order valence-corrected chi connectivity index (χ3v) is 3.08. The topological polar surface area (TPSA) is 24.9 Å². The maximum Gasteiger partial charge on any atom is 0.0956 e. The summed E-state index contributed by atoms with van der Waals surface area (Å²) in [6.07, 6.45) is 4.42. The summed E-state index contributed by atoms with van der Waals surface area (Å²) in [5, 5.41) is 6.75. The van der Waals surface area contributed by atoms with Crippen molar-refractivity contribution in [3.63, 3.8) is 0 Å². The van der Waals surface area contributed by atoms with Gasteiger partial charge in [-0.2, -0.15) is 0 Å². The van der Waals surface area contributed by atoms with Gasteiger partial charge in [-0.05, 0) is 25.9 Å². The molecule has 60 valence electrons. The molecule has 0 radical (unpaired) electrons. The molecule has 1 aliphatic rings. The van der Waals surface area contributed by atoms with E-state index >= 15 is 0 Å². The second-order valence-electron chi connectivity index (χ2n) is 2.89. The van der Waals surface area contributed by atoms with E-state index in [0.29, 0.717) is 0 Å². The highest BCUT2D eigenvalue weighted by Gasteiger charge is 2.16. The molecule has 1 fully saturated rings. The molecule has 1 aliphatic heterocycles. The van der Waals surface area contributed by atoms with Gasteiger partial charge in [0.15, 0.2) is 0 Å². The molecule has 1 saturated heterocycles. The molecule has 1 N–H and O–H groups in total. The molecule has 1 aromatic rings. The number of hydrogen-bond acceptors (Lipinski definition) is 3. The molecule has 0 aromatic carbocycles. The van der Waals surface area contributed by atoms with Crippen molar-refractivity contribution in [2.24, 2.45) is 0 Å². The molecule has 2 nitrogen and oxygen atoms in total. The summed E-state index contributed by atoms with van der Waals surface area (Å²) in [6, 6.07) is 0. The van der Waals surface area contributed by atoms with Crippen molar-refractivity contribution in [2.45, 2.75) is 18.8 Å². The van der Waals surface area contributed by atoms with E-state index in [1.54, 1.807) is 11.3 Å². The zero-order valence-electron chi connectivity index (χ0n) is 6.42. The van der Waals surface area contributed by atoms with E-state index in [2.05, 4.69) is 15.7 Å². The van der Waals surface area contributed by atoms with Crippen molar-refractivity contribution in [3.05, 3.63) is 16.6 Å². The number of nitrogens with one attached hydrogen (secondary N) is 1. The minimum atomic E-state index is 0.733. The van der Waals surface area contributed by atoms with E-state index in [9.17, 15) is 0 Å². The number of nitrogens with zero attached hydrogens (tertiary/aromatic N) is 1. The van der Waals surface area contributed by atoms with Gasteiger partial charge in [-0.15, -0.1) is 11.3 Å². The first kappa shape index (κ1) is 7.25. The Labute approximate surface area is 70.7 Å². The van der Waals surface area contributed by atoms with Gasteiger partial charge in [0.05, 0.1) is 5.01 Å². The Morgan fingerprint density at radius 3 is 2.91 bits per heavy atom. The van der Waals surface area contributed by atoms with Crippen LogP contribution in [-0.4, -0.2) is 18.1 Å². The van der Waals surface area contributed by atoms with Crippen LogP contribution in [0.2, 0.25) is 0 Å². The van der Waals surface area contributed by atoms with Gasteiger partial charge in [0.2, 0.25) is 0 Å². The predicted octanol–water partition coefficient (Wildman–Crippen LogP) is 1.61. The average Bonchev–Trinajstić information content (AvgIpc) is 2.58. The molecule has 3 heteroatoms. The Bertz CT molecular complexity index is 202. The van der Waals surface area contributed by atoms with Crippen molar-refractivity contribution in [2.75, 3.05) is 13.1 Å². The third kappa shape index (κ3) is 1.60. The van der Waals surface area contributed by atoms with E-state index in [-0.39, 0.29) is 0 Å². The fourth-order valence-electron chi connectivity index (χ4n) is 1.50. The van der Waals surface area contributed by atoms with Crippen LogP contribution < -0.4 is 5.32 Å². The third-order valence-electron chi connectivity index (χ3n) is 2.14. The van der Waals surface area contributed by atoms with Crippen LogP contribution in [0.4, 0.5) is 0 Å². The zero-order chi connectivity index (χ0) is 7.52. The second kappa shape index (κ2) is 3.32. The number of rotatable bonds is 1. The molecule has 0 aliphatic carbocycles. The van der Waals surface area contributed by atoms with Crippen LogP contribution in [0.5, 0.6) is 0 Å². The lowest BCUT2D eigenvalue weighted by atomic mass is 9.99. The van der Waals surface area contributed by atoms with Crippen LogP contribution in [0.3, 0.4) is 0 Å². The van der Waals surface area contributed by atoms with Crippen LogP contribution >= 0.6 is 11.3 Å². The Hall–Kier alpha value is -0.410. The van der Waals surface area contributed by atoms with E-state index in [1.165, 1.54) is 17.8 Å². The largest absolute Gasteiger partial charge is 0.317 e. The monoisotopic (exact) mass is 168 g/mol. The first-order chi connectivity index (χ1) is 5.47. The van der Waals surface area contributed by atoms with Crippen LogP contribution in [0.25, 0.3) is 0 Å². The van der Waals surface area contributed by atoms with Gasteiger partial charge in [-0.25, -0.2) is 4.98 Å². The van der Waals surface area contributed by atoms with Crippen LogP contribution in [-0.2, 0) is 0 Å². The average molecular weight is 168 g/mol. The first-order valence-electron chi connectivity index (χ1n) is 4.07. The Balaban J connectivity index is 2.04. The summed E-state index contributed by atoms with van der Waals surface area (Å²) in [5.41, 5.74) is 0. The summed E-state index contributed by atoms with van der Waals surface area (Å²) in [7, 11) is 0. The fourth-order valence-corrected chi connectivity index (χ4v) is 2.32. The van der Waals surface area contributed by atoms with Crippen molar-refractivity contribution in [1.29, 1.82) is 0 Å². The molecule has 1 aromatic heterocycles. The van der Waals surface area contributed by atoms with E-state index in [1.807, 2.05) is 6.20 Å². The quantitative estimate of drug-likeness (QED) is 0.689. The molecular weight excluding hydrogens is 156 g/mol. The maximum atomic E-state index is 4.33. The van der Waals surface area contributed by atoms with Crippen molar-refractivity contribution in [3.8, 4) is 0 Å². The summed E-state index contributed by atoms with van der Waals surface area (Å²) >= 11 is 1.79. The summed E-state index contributed by atoms with van der Waals surface area (Å²) in [5.74, 6) is 0.733. The molecule has 0 saturated carbocycles. The highest BCUT2D eigenvalue weighted by molar-refractivity contribution is 7.09. The minimum absolute atomic E-state index is 0.733. The molecule has 0 bridgehead atoms. The fraction of sp³-hybridized carbons (Fsp3) is 0.625. The van der Waals surface area contributed by atoms with Gasteiger partial charge in [-0.3, -0.25) is 0 Å². The molecule has 0 spiro atoms. The molecule has 11 heavy (non-hydrogen) atoms. The van der Waals surface area contributed by atoms with Gasteiger partial charge in [0.25, 0.3) is 0 Å². The lowest BCUT2D eigenvalue weighted by Gasteiger charge is -2.20. The number of piperidine rings is 1. The van der Waals surface area contributed by atoms with Crippen molar-refractivity contribution in [1.82, 2.24) is 10.3 Å². The summed E-state index contributed by atoms with van der Waals surface area (Å²) < 4.78 is 0. The summed E-state index contributed by atoms with van der Waals surface area (Å²) in [4.78, 5) is 4.33. The van der Waals surface area contributed by atoms with Crippen molar-refractivity contribution >= 4 is 11.3 Å². The first-order valence-corrected chi connectivity index (χ1v) is 4.95. The minimum Gasteiger partial charge on any atom is -0.317 e. The second-order valence-corrected chi connectivity index (χ2v) is 3.82. The van der Waals surface area contributed by atoms with E-state index in [4.69, 9.17) is 0 Å². The molecule has 2 rings (SSSR count). The maximum absolute atomic E-state index is 4.33. The zero-order valence-corrected chi connectivity index (χ0v) is 7.23. The van der Waals surface area contributed by atoms with E-state index < -0.39 is 0 Å². The predicted molar refractivity (Wildman–Crippen MR) is 47.0 cm³/mol. The Kier molecular flexibility index (Phi) is 2.19. The van der Waals surface area contributed by atoms with Gasteiger partial charge < -0.3 is 5.32 Å². The van der Waals surface area contributed by atoms with Crippen LogP contribution in [0.1, 0.15) is 23.8 Å². The molecular formula is C8H12N2S.